The standard InChI is InChI=1S/C32H41N7O3S/c1-36-17-19-39(20-18-36)24-11-15-38(16-12-24)25-10-9-23(28(22-25)42-3)21-30-33-27-13-14-37(2)31(27)32(35-30)34-26-7-5-6-8-29(26)43(4,40)41/h5-10,13-14,22,24H,11-12,15-21H2,1-4H3,(H,33,34,35). The number of para-hydroxylation sites is 1. The Morgan fingerprint density at radius 3 is 2.42 bits per heavy atom. The molecule has 2 fully saturated rings. The molecule has 0 radical (unpaired) electrons. The monoisotopic (exact) mass is 603 g/mol. The first-order valence-corrected chi connectivity index (χ1v) is 16.8. The number of benzene rings is 2. The lowest BCUT2D eigenvalue weighted by atomic mass is 10.0. The zero-order valence-corrected chi connectivity index (χ0v) is 26.3. The predicted molar refractivity (Wildman–Crippen MR) is 171 cm³/mol. The summed E-state index contributed by atoms with van der Waals surface area (Å²) in [6.45, 7) is 6.73. The number of aryl methyl sites for hydroxylation is 1. The fourth-order valence-electron chi connectivity index (χ4n) is 6.35. The molecule has 43 heavy (non-hydrogen) atoms. The van der Waals surface area contributed by atoms with E-state index in [1.54, 1.807) is 25.3 Å². The van der Waals surface area contributed by atoms with Gasteiger partial charge in [-0.05, 0) is 44.2 Å². The number of methoxy groups -OCH3 is 1. The molecule has 6 rings (SSSR count). The summed E-state index contributed by atoms with van der Waals surface area (Å²) in [5.74, 6) is 1.99. The van der Waals surface area contributed by atoms with E-state index in [0.29, 0.717) is 29.8 Å². The molecule has 2 aromatic carbocycles. The Balaban J connectivity index is 1.22. The SMILES string of the molecule is COc1cc(N2CCC(N3CCN(C)CC3)CC2)ccc1Cc1nc(Nc2ccccc2S(C)(=O)=O)c2c(ccn2C)n1. The van der Waals surface area contributed by atoms with E-state index in [2.05, 4.69) is 45.3 Å². The fraction of sp³-hybridized carbons (Fsp3) is 0.438. The van der Waals surface area contributed by atoms with E-state index < -0.39 is 9.84 Å². The number of sulfone groups is 1. The normalized spacial score (nSPS) is 17.4. The lowest BCUT2D eigenvalue weighted by molar-refractivity contribution is 0.0982. The number of fused-ring (bicyclic) bond motifs is 1. The van der Waals surface area contributed by atoms with Gasteiger partial charge >= 0.3 is 0 Å². The molecule has 10 nitrogen and oxygen atoms in total. The van der Waals surface area contributed by atoms with Gasteiger partial charge in [0.15, 0.2) is 15.7 Å². The van der Waals surface area contributed by atoms with Gasteiger partial charge in [0.2, 0.25) is 0 Å². The lowest BCUT2D eigenvalue weighted by Gasteiger charge is -2.42. The topological polar surface area (TPSA) is 95.8 Å². The average molecular weight is 604 g/mol. The van der Waals surface area contributed by atoms with Crippen molar-refractivity contribution in [2.75, 3.05) is 69.9 Å². The number of anilines is 3. The zero-order valence-electron chi connectivity index (χ0n) is 25.5. The first-order valence-electron chi connectivity index (χ1n) is 14.9. The molecule has 0 saturated carbocycles. The number of nitrogens with one attached hydrogen (secondary N) is 1. The van der Waals surface area contributed by atoms with E-state index in [0.717, 1.165) is 48.5 Å². The first kappa shape index (κ1) is 29.4. The van der Waals surface area contributed by atoms with Crippen LogP contribution in [0.15, 0.2) is 59.6 Å². The average Bonchev–Trinajstić information content (AvgIpc) is 3.38. The van der Waals surface area contributed by atoms with Crippen LogP contribution in [-0.2, 0) is 23.3 Å². The summed E-state index contributed by atoms with van der Waals surface area (Å²) in [6.07, 6.45) is 5.97. The zero-order chi connectivity index (χ0) is 30.1. The second-order valence-electron chi connectivity index (χ2n) is 11.8. The molecule has 0 bridgehead atoms. The van der Waals surface area contributed by atoms with E-state index >= 15 is 0 Å². The van der Waals surface area contributed by atoms with Gasteiger partial charge in [-0.2, -0.15) is 0 Å². The Kier molecular flexibility index (Phi) is 8.30. The fourth-order valence-corrected chi connectivity index (χ4v) is 7.20. The van der Waals surface area contributed by atoms with Gasteiger partial charge < -0.3 is 24.4 Å². The summed E-state index contributed by atoms with van der Waals surface area (Å²) >= 11 is 0. The van der Waals surface area contributed by atoms with Crippen molar-refractivity contribution >= 4 is 38.1 Å². The summed E-state index contributed by atoms with van der Waals surface area (Å²) in [6, 6.07) is 15.9. The van der Waals surface area contributed by atoms with E-state index in [1.165, 1.54) is 37.9 Å². The maximum Gasteiger partial charge on any atom is 0.177 e. The molecule has 0 unspecified atom stereocenters. The highest BCUT2D eigenvalue weighted by Gasteiger charge is 2.27. The first-order chi connectivity index (χ1) is 20.7. The molecule has 0 atom stereocenters. The number of rotatable bonds is 8. The van der Waals surface area contributed by atoms with Crippen molar-refractivity contribution in [1.82, 2.24) is 24.3 Å². The van der Waals surface area contributed by atoms with Gasteiger partial charge in [0.25, 0.3) is 0 Å². The molecular weight excluding hydrogens is 562 g/mol. The lowest BCUT2D eigenvalue weighted by Crippen LogP contribution is -2.52. The molecule has 4 heterocycles. The maximum absolute atomic E-state index is 12.4. The van der Waals surface area contributed by atoms with Crippen molar-refractivity contribution < 1.29 is 13.2 Å². The number of nitrogens with zero attached hydrogens (tertiary/aromatic N) is 6. The molecule has 2 aliphatic rings. The van der Waals surface area contributed by atoms with Crippen LogP contribution < -0.4 is 15.0 Å². The Morgan fingerprint density at radius 1 is 0.953 bits per heavy atom. The molecule has 0 aliphatic carbocycles. The van der Waals surface area contributed by atoms with Crippen LogP contribution in [0.25, 0.3) is 11.0 Å². The molecule has 0 amide bonds. The number of aromatic nitrogens is 3. The van der Waals surface area contributed by atoms with Crippen LogP contribution in [0.1, 0.15) is 24.2 Å². The smallest absolute Gasteiger partial charge is 0.177 e. The van der Waals surface area contributed by atoms with Crippen LogP contribution >= 0.6 is 0 Å². The molecule has 2 saturated heterocycles. The number of piperidine rings is 1. The maximum atomic E-state index is 12.4. The predicted octanol–water partition coefficient (Wildman–Crippen LogP) is 3.93. The quantitative estimate of drug-likeness (QED) is 0.321. The second kappa shape index (κ2) is 12.1. The molecule has 11 heteroatoms. The van der Waals surface area contributed by atoms with Gasteiger partial charge in [-0.3, -0.25) is 4.90 Å². The molecule has 0 spiro atoms. The molecule has 1 N–H and O–H groups in total. The number of ether oxygens (including phenoxy) is 1. The number of hydrogen-bond acceptors (Lipinski definition) is 9. The molecular formula is C32H41N7O3S. The van der Waals surface area contributed by atoms with E-state index in [1.807, 2.05) is 29.9 Å². The summed E-state index contributed by atoms with van der Waals surface area (Å²) in [5, 5.41) is 3.29. The number of hydrogen-bond donors (Lipinski definition) is 1. The van der Waals surface area contributed by atoms with Gasteiger partial charge in [0.1, 0.15) is 17.1 Å². The Labute approximate surface area is 254 Å². The minimum absolute atomic E-state index is 0.224. The van der Waals surface area contributed by atoms with Gasteiger partial charge in [0.05, 0.1) is 23.2 Å². The van der Waals surface area contributed by atoms with Crippen LogP contribution in [0.5, 0.6) is 5.75 Å². The van der Waals surface area contributed by atoms with Crippen molar-refractivity contribution in [2.45, 2.75) is 30.2 Å². The highest BCUT2D eigenvalue weighted by molar-refractivity contribution is 7.90. The van der Waals surface area contributed by atoms with Crippen molar-refractivity contribution in [1.29, 1.82) is 0 Å². The molecule has 228 valence electrons. The van der Waals surface area contributed by atoms with Crippen molar-refractivity contribution in [3.63, 3.8) is 0 Å². The molecule has 2 aromatic heterocycles. The minimum Gasteiger partial charge on any atom is -0.496 e. The number of piperazine rings is 1. The summed E-state index contributed by atoms with van der Waals surface area (Å²) in [5.41, 5.74) is 4.24. The van der Waals surface area contributed by atoms with Crippen molar-refractivity contribution in [3.05, 3.63) is 66.1 Å². The second-order valence-corrected chi connectivity index (χ2v) is 13.8. The Morgan fingerprint density at radius 2 is 1.70 bits per heavy atom. The molecule has 4 aromatic rings. The van der Waals surface area contributed by atoms with E-state index in [9.17, 15) is 8.42 Å². The highest BCUT2D eigenvalue weighted by Crippen LogP contribution is 2.32. The van der Waals surface area contributed by atoms with Gasteiger partial charge in [-0.1, -0.05) is 18.2 Å². The Hall–Kier alpha value is -3.67. The van der Waals surface area contributed by atoms with Crippen LogP contribution in [-0.4, -0.2) is 98.5 Å². The third-order valence-corrected chi connectivity index (χ3v) is 9.96. The summed E-state index contributed by atoms with van der Waals surface area (Å²) in [7, 11) is 2.41. The van der Waals surface area contributed by atoms with Gasteiger partial charge in [0, 0.05) is 88.5 Å². The van der Waals surface area contributed by atoms with Crippen LogP contribution in [0.3, 0.4) is 0 Å². The van der Waals surface area contributed by atoms with Gasteiger partial charge in [-0.25, -0.2) is 18.4 Å². The van der Waals surface area contributed by atoms with Crippen LogP contribution in [0.4, 0.5) is 17.2 Å². The third kappa shape index (κ3) is 6.34. The molecule has 2 aliphatic heterocycles. The summed E-state index contributed by atoms with van der Waals surface area (Å²) in [4.78, 5) is 17.5. The third-order valence-electron chi connectivity index (χ3n) is 8.81. The Bertz CT molecular complexity index is 1710. The number of likely N-dealkylation sites (N-methyl/N-ethyl adjacent to an activating group) is 1. The largest absolute Gasteiger partial charge is 0.496 e. The van der Waals surface area contributed by atoms with Crippen LogP contribution in [0, 0.1) is 0 Å². The van der Waals surface area contributed by atoms with E-state index in [4.69, 9.17) is 14.7 Å². The van der Waals surface area contributed by atoms with E-state index in [-0.39, 0.29) is 4.90 Å². The summed E-state index contributed by atoms with van der Waals surface area (Å²) < 4.78 is 32.7. The van der Waals surface area contributed by atoms with Crippen LogP contribution in [0.2, 0.25) is 0 Å². The van der Waals surface area contributed by atoms with Crippen molar-refractivity contribution in [3.8, 4) is 5.75 Å². The minimum atomic E-state index is -3.43. The van der Waals surface area contributed by atoms with Gasteiger partial charge in [-0.15, -0.1) is 0 Å². The van der Waals surface area contributed by atoms with Crippen molar-refractivity contribution in [2.24, 2.45) is 7.05 Å². The highest BCUT2D eigenvalue weighted by atomic mass is 32.2.